The van der Waals surface area contributed by atoms with Gasteiger partial charge in [-0.2, -0.15) is 25.3 Å². The topological polar surface area (TPSA) is 52.6 Å². The Hall–Kier alpha value is -0.360. The minimum absolute atomic E-state index is 0.491. The number of rotatable bonds is 9. The summed E-state index contributed by atoms with van der Waals surface area (Å²) in [5.74, 6) is -1.01. The summed E-state index contributed by atoms with van der Waals surface area (Å²) in [4.78, 5) is 23.8. The predicted octanol–water partition coefficient (Wildman–Crippen LogP) is 3.79. The molecule has 0 heterocycles. The van der Waals surface area contributed by atoms with Crippen LogP contribution in [0, 0.1) is 0 Å². The van der Waals surface area contributed by atoms with Crippen molar-refractivity contribution in [3.63, 3.8) is 0 Å². The van der Waals surface area contributed by atoms with E-state index in [1.807, 2.05) is 0 Å². The normalized spacial score (nSPS) is 12.4. The van der Waals surface area contributed by atoms with Gasteiger partial charge in [0.25, 0.3) is 0 Å². The molecular formula is C15H28O4S2. The molecule has 0 aromatic rings. The number of carbonyl (C=O) groups excluding carboxylic acids is 2. The van der Waals surface area contributed by atoms with Gasteiger partial charge in [0.15, 0.2) is 0 Å². The van der Waals surface area contributed by atoms with E-state index < -0.39 is 27.7 Å². The van der Waals surface area contributed by atoms with Crippen molar-refractivity contribution in [2.24, 2.45) is 0 Å². The lowest BCUT2D eigenvalue weighted by molar-refractivity contribution is -0.191. The van der Waals surface area contributed by atoms with Gasteiger partial charge in [-0.15, -0.1) is 0 Å². The lowest BCUT2D eigenvalue weighted by Gasteiger charge is -2.25. The van der Waals surface area contributed by atoms with Crippen LogP contribution in [0.15, 0.2) is 0 Å². The van der Waals surface area contributed by atoms with E-state index in [2.05, 4.69) is 32.2 Å². The summed E-state index contributed by atoms with van der Waals surface area (Å²) in [5.41, 5.74) is 0. The zero-order chi connectivity index (χ0) is 16.7. The molecule has 0 saturated carbocycles. The molecule has 0 fully saturated rings. The maximum absolute atomic E-state index is 11.9. The second-order valence-electron chi connectivity index (χ2n) is 6.21. The summed E-state index contributed by atoms with van der Waals surface area (Å²) in [6.45, 7) is 8.66. The van der Waals surface area contributed by atoms with Crippen LogP contribution in [-0.4, -0.2) is 27.7 Å². The van der Waals surface area contributed by atoms with Crippen molar-refractivity contribution in [2.45, 2.75) is 82.5 Å². The van der Waals surface area contributed by atoms with Crippen molar-refractivity contribution in [3.8, 4) is 0 Å². The molecule has 0 amide bonds. The summed E-state index contributed by atoms with van der Waals surface area (Å²) in [6.07, 6.45) is 3.67. The first-order chi connectivity index (χ1) is 9.48. The van der Waals surface area contributed by atoms with E-state index in [4.69, 9.17) is 9.47 Å². The number of hydrogen-bond acceptors (Lipinski definition) is 6. The number of thiol groups is 2. The molecule has 4 nitrogen and oxygen atoms in total. The first kappa shape index (κ1) is 20.6. The Labute approximate surface area is 139 Å². The quantitative estimate of drug-likeness (QED) is 0.291. The molecule has 21 heavy (non-hydrogen) atoms. The zero-order valence-corrected chi connectivity index (χ0v) is 15.4. The molecule has 0 aromatic carbocycles. The van der Waals surface area contributed by atoms with Crippen LogP contribution >= 0.6 is 25.3 Å². The highest BCUT2D eigenvalue weighted by Crippen LogP contribution is 2.21. The minimum atomic E-state index is -0.926. The molecule has 0 unspecified atom stereocenters. The third-order valence-electron chi connectivity index (χ3n) is 2.77. The highest BCUT2D eigenvalue weighted by atomic mass is 32.1. The Kier molecular flexibility index (Phi) is 8.78. The Morgan fingerprint density at radius 3 is 1.67 bits per heavy atom. The van der Waals surface area contributed by atoms with Crippen molar-refractivity contribution < 1.29 is 19.1 Å². The molecule has 0 rings (SSSR count). The number of ether oxygens (including phenoxy) is 2. The van der Waals surface area contributed by atoms with Crippen molar-refractivity contribution in [1.29, 1.82) is 0 Å². The van der Waals surface area contributed by atoms with Gasteiger partial charge in [-0.05, 0) is 34.1 Å². The van der Waals surface area contributed by atoms with Gasteiger partial charge in [-0.3, -0.25) is 9.59 Å². The lowest BCUT2D eigenvalue weighted by Crippen LogP contribution is -2.37. The molecule has 0 aliphatic heterocycles. The van der Waals surface area contributed by atoms with E-state index in [-0.39, 0.29) is 0 Å². The highest BCUT2D eigenvalue weighted by Gasteiger charge is 2.32. The third-order valence-corrected chi connectivity index (χ3v) is 3.13. The second-order valence-corrected chi connectivity index (χ2v) is 8.44. The monoisotopic (exact) mass is 336 g/mol. The summed E-state index contributed by atoms with van der Waals surface area (Å²) in [6, 6.07) is 0. The molecule has 0 aromatic heterocycles. The van der Waals surface area contributed by atoms with Gasteiger partial charge in [0.2, 0.25) is 6.29 Å². The lowest BCUT2D eigenvalue weighted by atomic mass is 10.1. The van der Waals surface area contributed by atoms with E-state index in [9.17, 15) is 9.59 Å². The molecule has 0 radical (unpaired) electrons. The van der Waals surface area contributed by atoms with E-state index in [0.29, 0.717) is 6.42 Å². The first-order valence-corrected chi connectivity index (χ1v) is 8.24. The van der Waals surface area contributed by atoms with Crippen LogP contribution in [0.2, 0.25) is 0 Å². The van der Waals surface area contributed by atoms with E-state index in [1.165, 1.54) is 0 Å². The summed E-state index contributed by atoms with van der Waals surface area (Å²) < 4.78 is 8.69. The third kappa shape index (κ3) is 9.30. The second kappa shape index (κ2) is 8.93. The van der Waals surface area contributed by atoms with Gasteiger partial charge in [0, 0.05) is 6.42 Å². The van der Waals surface area contributed by atoms with Gasteiger partial charge >= 0.3 is 11.9 Å². The smallest absolute Gasteiger partial charge is 0.324 e. The predicted molar refractivity (Wildman–Crippen MR) is 90.9 cm³/mol. The fourth-order valence-corrected chi connectivity index (χ4v) is 1.51. The zero-order valence-electron chi connectivity index (χ0n) is 13.6. The van der Waals surface area contributed by atoms with Gasteiger partial charge in [-0.1, -0.05) is 26.2 Å². The Balaban J connectivity index is 4.62. The van der Waals surface area contributed by atoms with Gasteiger partial charge in [0.05, 0.1) is 0 Å². The molecule has 0 atom stereocenters. The Bertz CT molecular complexity index is 315. The van der Waals surface area contributed by atoms with Crippen LogP contribution in [0.4, 0.5) is 0 Å². The van der Waals surface area contributed by atoms with Crippen LogP contribution < -0.4 is 0 Å². The van der Waals surface area contributed by atoms with E-state index >= 15 is 0 Å². The Morgan fingerprint density at radius 1 is 0.905 bits per heavy atom. The average Bonchev–Trinajstić information content (AvgIpc) is 2.31. The standard InChI is InChI=1S/C15H28O4S2/c1-6-7-8-9-10-11(18-12(16)14(2,3)20)19-13(17)15(4,5)21/h11,20-21H,6-10H2,1-5H3. The molecule has 6 heteroatoms. The Morgan fingerprint density at radius 2 is 1.33 bits per heavy atom. The molecule has 0 aliphatic rings. The largest absolute Gasteiger partial charge is 0.424 e. The maximum atomic E-state index is 11.9. The van der Waals surface area contributed by atoms with Crippen molar-refractivity contribution in [2.75, 3.05) is 0 Å². The molecule has 124 valence electrons. The van der Waals surface area contributed by atoms with Gasteiger partial charge in [0.1, 0.15) is 9.49 Å². The summed E-state index contributed by atoms with van der Waals surface area (Å²) >= 11 is 8.33. The van der Waals surface area contributed by atoms with Crippen LogP contribution in [0.1, 0.15) is 66.7 Å². The minimum Gasteiger partial charge on any atom is -0.424 e. The summed E-state index contributed by atoms with van der Waals surface area (Å²) in [7, 11) is 0. The average molecular weight is 337 g/mol. The van der Waals surface area contributed by atoms with Crippen molar-refractivity contribution in [1.82, 2.24) is 0 Å². The fourth-order valence-electron chi connectivity index (χ4n) is 1.41. The van der Waals surface area contributed by atoms with Crippen LogP contribution in [0.25, 0.3) is 0 Å². The van der Waals surface area contributed by atoms with Crippen molar-refractivity contribution in [3.05, 3.63) is 0 Å². The number of unbranched alkanes of at least 4 members (excludes halogenated alkanes) is 3. The molecule has 0 spiro atoms. The fraction of sp³-hybridized carbons (Fsp3) is 0.867. The van der Waals surface area contributed by atoms with Gasteiger partial charge < -0.3 is 9.47 Å². The molecule has 0 bridgehead atoms. The van der Waals surface area contributed by atoms with Crippen LogP contribution in [-0.2, 0) is 19.1 Å². The molecule has 0 aliphatic carbocycles. The highest BCUT2D eigenvalue weighted by molar-refractivity contribution is 7.82. The van der Waals surface area contributed by atoms with Gasteiger partial charge in [-0.25, -0.2) is 0 Å². The van der Waals surface area contributed by atoms with E-state index in [0.717, 1.165) is 25.7 Å². The maximum Gasteiger partial charge on any atom is 0.324 e. The van der Waals surface area contributed by atoms with Crippen LogP contribution in [0.5, 0.6) is 0 Å². The van der Waals surface area contributed by atoms with E-state index in [1.54, 1.807) is 27.7 Å². The number of carbonyl (C=O) groups is 2. The first-order valence-electron chi connectivity index (χ1n) is 7.35. The number of esters is 2. The molecule has 0 saturated heterocycles. The van der Waals surface area contributed by atoms with Crippen LogP contribution in [0.3, 0.4) is 0 Å². The number of hydrogen-bond donors (Lipinski definition) is 2. The molecule has 0 N–H and O–H groups in total. The SMILES string of the molecule is CCCCCCC(OC(=O)C(C)(C)S)OC(=O)C(C)(C)S. The molecular weight excluding hydrogens is 308 g/mol. The summed E-state index contributed by atoms with van der Waals surface area (Å²) in [5, 5.41) is 0. The van der Waals surface area contributed by atoms with Crippen molar-refractivity contribution >= 4 is 37.2 Å².